The van der Waals surface area contributed by atoms with Gasteiger partial charge in [-0.3, -0.25) is 0 Å². The second-order valence-corrected chi connectivity index (χ2v) is 4.87. The van der Waals surface area contributed by atoms with Crippen molar-refractivity contribution < 1.29 is 14.6 Å². The number of ether oxygens (including phenoxy) is 1. The molecule has 0 fully saturated rings. The van der Waals surface area contributed by atoms with Crippen LogP contribution in [0.15, 0.2) is 30.3 Å². The lowest BCUT2D eigenvalue weighted by molar-refractivity contribution is 0.0697. The molecule has 2 aromatic rings. The Morgan fingerprint density at radius 3 is 2.71 bits per heavy atom. The summed E-state index contributed by atoms with van der Waals surface area (Å²) in [6, 6.07) is 8.46. The maximum atomic E-state index is 10.9. The molecule has 1 aromatic heterocycles. The second-order valence-electron chi connectivity index (χ2n) is 4.87. The summed E-state index contributed by atoms with van der Waals surface area (Å²) in [5, 5.41) is 9.73. The van der Waals surface area contributed by atoms with E-state index in [1.165, 1.54) is 0 Å². The molecule has 6 heteroatoms. The van der Waals surface area contributed by atoms with Crippen LogP contribution < -0.4 is 4.74 Å². The molecule has 0 radical (unpaired) electrons. The molecule has 0 aliphatic carbocycles. The lowest BCUT2D eigenvalue weighted by Gasteiger charge is -2.10. The number of pyridine rings is 1. The average molecular weight is 311 g/mol. The van der Waals surface area contributed by atoms with E-state index in [4.69, 9.17) is 9.84 Å². The zero-order valence-electron chi connectivity index (χ0n) is 12.1. The molecule has 0 saturated heterocycles. The Bertz CT molecular complexity index is 617. The Hall–Kier alpha value is -1.85. The molecular formula is C15H19ClN2O3. The Balaban J connectivity index is 0.00000220. The summed E-state index contributed by atoms with van der Waals surface area (Å²) >= 11 is 0. The van der Waals surface area contributed by atoms with E-state index in [2.05, 4.69) is 9.88 Å². The van der Waals surface area contributed by atoms with Gasteiger partial charge in [-0.2, -0.15) is 0 Å². The van der Waals surface area contributed by atoms with Crippen LogP contribution in [-0.4, -0.2) is 48.2 Å². The first-order valence-corrected chi connectivity index (χ1v) is 6.48. The van der Waals surface area contributed by atoms with Crippen LogP contribution in [0.5, 0.6) is 5.88 Å². The zero-order chi connectivity index (χ0) is 14.5. The molecule has 1 heterocycles. The minimum Gasteiger partial charge on any atom is -0.478 e. The largest absolute Gasteiger partial charge is 0.478 e. The van der Waals surface area contributed by atoms with Crippen molar-refractivity contribution in [3.63, 3.8) is 0 Å². The van der Waals surface area contributed by atoms with Crippen molar-refractivity contribution in [2.24, 2.45) is 0 Å². The summed E-state index contributed by atoms with van der Waals surface area (Å²) in [5.41, 5.74) is 0.999. The summed E-state index contributed by atoms with van der Waals surface area (Å²) in [5.74, 6) is -0.366. The molecular weight excluding hydrogens is 292 g/mol. The first kappa shape index (κ1) is 17.2. The first-order chi connectivity index (χ1) is 9.56. The zero-order valence-corrected chi connectivity index (χ0v) is 12.9. The second kappa shape index (κ2) is 7.81. The summed E-state index contributed by atoms with van der Waals surface area (Å²) in [7, 11) is 4.04. The molecule has 0 spiro atoms. The number of benzene rings is 1. The molecule has 0 amide bonds. The van der Waals surface area contributed by atoms with Crippen LogP contribution in [0.1, 0.15) is 16.8 Å². The van der Waals surface area contributed by atoms with Gasteiger partial charge in [0.05, 0.1) is 17.7 Å². The molecule has 0 aliphatic heterocycles. The van der Waals surface area contributed by atoms with Gasteiger partial charge in [-0.05, 0) is 44.8 Å². The molecule has 21 heavy (non-hydrogen) atoms. The molecule has 0 saturated carbocycles. The number of hydrogen-bond donors (Lipinski definition) is 1. The molecule has 1 aromatic carbocycles. The van der Waals surface area contributed by atoms with Crippen LogP contribution >= 0.6 is 12.4 Å². The van der Waals surface area contributed by atoms with Crippen molar-refractivity contribution in [1.82, 2.24) is 9.88 Å². The van der Waals surface area contributed by atoms with Gasteiger partial charge in [-0.15, -0.1) is 12.4 Å². The molecule has 0 atom stereocenters. The summed E-state index contributed by atoms with van der Waals surface area (Å²) in [6.07, 6.45) is 0.935. The third kappa shape index (κ3) is 4.88. The van der Waals surface area contributed by atoms with Crippen molar-refractivity contribution in [2.75, 3.05) is 27.2 Å². The number of aromatic carboxylic acids is 1. The third-order valence-corrected chi connectivity index (χ3v) is 2.91. The Kier molecular flexibility index (Phi) is 6.39. The monoisotopic (exact) mass is 310 g/mol. The number of aromatic nitrogens is 1. The predicted molar refractivity (Wildman–Crippen MR) is 84.6 cm³/mol. The fourth-order valence-corrected chi connectivity index (χ4v) is 1.88. The van der Waals surface area contributed by atoms with Gasteiger partial charge in [0.2, 0.25) is 5.88 Å². The highest BCUT2D eigenvalue weighted by atomic mass is 35.5. The van der Waals surface area contributed by atoms with E-state index in [9.17, 15) is 4.79 Å². The number of carboxylic acids is 1. The van der Waals surface area contributed by atoms with E-state index in [1.807, 2.05) is 20.2 Å². The van der Waals surface area contributed by atoms with Gasteiger partial charge in [-0.1, -0.05) is 0 Å². The molecule has 5 nitrogen and oxygen atoms in total. The number of halogens is 1. The topological polar surface area (TPSA) is 62.7 Å². The minimum atomic E-state index is -0.934. The van der Waals surface area contributed by atoms with E-state index in [0.29, 0.717) is 12.5 Å². The van der Waals surface area contributed by atoms with Gasteiger partial charge in [0, 0.05) is 18.0 Å². The lowest BCUT2D eigenvalue weighted by atomic mass is 10.1. The van der Waals surface area contributed by atoms with E-state index >= 15 is 0 Å². The van der Waals surface area contributed by atoms with Crippen LogP contribution in [0.2, 0.25) is 0 Å². The summed E-state index contributed by atoms with van der Waals surface area (Å²) < 4.78 is 5.59. The highest BCUT2D eigenvalue weighted by Gasteiger charge is 2.05. The minimum absolute atomic E-state index is 0. The Morgan fingerprint density at radius 1 is 1.29 bits per heavy atom. The molecule has 1 N–H and O–H groups in total. The van der Waals surface area contributed by atoms with Gasteiger partial charge in [-0.25, -0.2) is 9.78 Å². The summed E-state index contributed by atoms with van der Waals surface area (Å²) in [6.45, 7) is 1.58. The lowest BCUT2D eigenvalue weighted by Crippen LogP contribution is -2.15. The number of hydrogen-bond acceptors (Lipinski definition) is 4. The fraction of sp³-hybridized carbons (Fsp3) is 0.333. The molecule has 114 valence electrons. The van der Waals surface area contributed by atoms with Gasteiger partial charge < -0.3 is 14.7 Å². The van der Waals surface area contributed by atoms with Crippen molar-refractivity contribution in [1.29, 1.82) is 0 Å². The van der Waals surface area contributed by atoms with Crippen LogP contribution in [0.25, 0.3) is 10.9 Å². The van der Waals surface area contributed by atoms with E-state index < -0.39 is 5.97 Å². The van der Waals surface area contributed by atoms with Crippen LogP contribution in [0.4, 0.5) is 0 Å². The Morgan fingerprint density at radius 2 is 2.05 bits per heavy atom. The molecule has 0 bridgehead atoms. The number of carbonyl (C=O) groups is 1. The average Bonchev–Trinajstić information content (AvgIpc) is 2.42. The highest BCUT2D eigenvalue weighted by Crippen LogP contribution is 2.18. The van der Waals surface area contributed by atoms with E-state index in [1.54, 1.807) is 24.3 Å². The van der Waals surface area contributed by atoms with Gasteiger partial charge >= 0.3 is 5.97 Å². The van der Waals surface area contributed by atoms with Crippen LogP contribution in [-0.2, 0) is 0 Å². The molecule has 0 unspecified atom stereocenters. The van der Waals surface area contributed by atoms with Crippen molar-refractivity contribution >= 4 is 29.3 Å². The first-order valence-electron chi connectivity index (χ1n) is 6.48. The highest BCUT2D eigenvalue weighted by molar-refractivity contribution is 5.93. The van der Waals surface area contributed by atoms with Gasteiger partial charge in [0.1, 0.15) is 0 Å². The van der Waals surface area contributed by atoms with Crippen LogP contribution in [0.3, 0.4) is 0 Å². The molecule has 0 aliphatic rings. The third-order valence-electron chi connectivity index (χ3n) is 2.91. The number of nitrogens with zero attached hydrogens (tertiary/aromatic N) is 2. The van der Waals surface area contributed by atoms with E-state index in [0.717, 1.165) is 23.9 Å². The standard InChI is InChI=1S/C15H18N2O3.ClH/c1-17(2)8-3-9-20-14-7-5-11-10-12(15(18)19)4-6-13(11)16-14;/h4-7,10H,3,8-9H2,1-2H3,(H,18,19);1H. The predicted octanol–water partition coefficient (Wildman–Crippen LogP) is 2.69. The number of carboxylic acid groups (broad SMARTS) is 1. The van der Waals surface area contributed by atoms with Crippen LogP contribution in [0, 0.1) is 0 Å². The number of rotatable bonds is 6. The van der Waals surface area contributed by atoms with Crippen molar-refractivity contribution in [3.8, 4) is 5.88 Å². The van der Waals surface area contributed by atoms with Crippen molar-refractivity contribution in [3.05, 3.63) is 35.9 Å². The maximum absolute atomic E-state index is 10.9. The van der Waals surface area contributed by atoms with E-state index in [-0.39, 0.29) is 18.0 Å². The fourth-order valence-electron chi connectivity index (χ4n) is 1.88. The normalized spacial score (nSPS) is 10.4. The van der Waals surface area contributed by atoms with Gasteiger partial charge in [0.15, 0.2) is 0 Å². The Labute approximate surface area is 130 Å². The SMILES string of the molecule is CN(C)CCCOc1ccc2cc(C(=O)O)ccc2n1.Cl. The number of fused-ring (bicyclic) bond motifs is 1. The quantitative estimate of drug-likeness (QED) is 0.831. The smallest absolute Gasteiger partial charge is 0.335 e. The van der Waals surface area contributed by atoms with Gasteiger partial charge in [0.25, 0.3) is 0 Å². The maximum Gasteiger partial charge on any atom is 0.335 e. The van der Waals surface area contributed by atoms with Crippen molar-refractivity contribution in [2.45, 2.75) is 6.42 Å². The molecule has 2 rings (SSSR count). The summed E-state index contributed by atoms with van der Waals surface area (Å²) in [4.78, 5) is 17.4.